The van der Waals surface area contributed by atoms with Gasteiger partial charge in [0.05, 0.1) is 17.6 Å². The Labute approximate surface area is 88.0 Å². The van der Waals surface area contributed by atoms with Crippen LogP contribution in [0.3, 0.4) is 0 Å². The van der Waals surface area contributed by atoms with Crippen molar-refractivity contribution < 1.29 is 0 Å². The van der Waals surface area contributed by atoms with Crippen LogP contribution in [0.5, 0.6) is 0 Å². The summed E-state index contributed by atoms with van der Waals surface area (Å²) >= 11 is 0. The maximum atomic E-state index is 5.79. The van der Waals surface area contributed by atoms with E-state index in [4.69, 9.17) is 5.73 Å². The zero-order valence-corrected chi connectivity index (χ0v) is 8.75. The predicted molar refractivity (Wildman–Crippen MR) is 57.7 cm³/mol. The molecule has 0 atom stereocenters. The minimum atomic E-state index is 0.287. The first-order valence-corrected chi connectivity index (χ1v) is 4.79. The van der Waals surface area contributed by atoms with E-state index in [0.717, 1.165) is 5.69 Å². The van der Waals surface area contributed by atoms with Crippen molar-refractivity contribution >= 4 is 5.69 Å². The smallest absolute Gasteiger partial charge is 0.235 e. The van der Waals surface area contributed by atoms with E-state index in [-0.39, 0.29) is 5.92 Å². The standard InChI is InChI=1S/C10H13N5/c1-7(2)9-8(11)5-13-10(14-9)15-4-3-12-6-15/h3-7H,11H2,1-2H3. The molecule has 5 nitrogen and oxygen atoms in total. The summed E-state index contributed by atoms with van der Waals surface area (Å²) in [4.78, 5) is 12.5. The fraction of sp³-hybridized carbons (Fsp3) is 0.300. The molecule has 2 rings (SSSR count). The van der Waals surface area contributed by atoms with Gasteiger partial charge in [-0.15, -0.1) is 0 Å². The summed E-state index contributed by atoms with van der Waals surface area (Å²) in [5.74, 6) is 0.890. The van der Waals surface area contributed by atoms with Gasteiger partial charge in [0, 0.05) is 12.4 Å². The van der Waals surface area contributed by atoms with Crippen LogP contribution in [0.4, 0.5) is 5.69 Å². The lowest BCUT2D eigenvalue weighted by Crippen LogP contribution is -2.06. The van der Waals surface area contributed by atoms with E-state index in [0.29, 0.717) is 11.6 Å². The first-order chi connectivity index (χ1) is 7.18. The number of imidazole rings is 1. The molecule has 5 heteroatoms. The Bertz CT molecular complexity index is 447. The Balaban J connectivity index is 2.48. The maximum Gasteiger partial charge on any atom is 0.235 e. The third-order valence-corrected chi connectivity index (χ3v) is 2.12. The fourth-order valence-corrected chi connectivity index (χ4v) is 1.36. The molecule has 0 bridgehead atoms. The zero-order valence-electron chi connectivity index (χ0n) is 8.75. The summed E-state index contributed by atoms with van der Waals surface area (Å²) < 4.78 is 1.76. The highest BCUT2D eigenvalue weighted by molar-refractivity contribution is 5.43. The van der Waals surface area contributed by atoms with Gasteiger partial charge in [0.15, 0.2) is 0 Å². The van der Waals surface area contributed by atoms with Crippen LogP contribution in [0.15, 0.2) is 24.9 Å². The monoisotopic (exact) mass is 203 g/mol. The molecule has 0 fully saturated rings. The van der Waals surface area contributed by atoms with Crippen LogP contribution in [0.25, 0.3) is 5.95 Å². The molecule has 0 aliphatic carbocycles. The fourth-order valence-electron chi connectivity index (χ4n) is 1.36. The maximum absolute atomic E-state index is 5.79. The summed E-state index contributed by atoms with van der Waals surface area (Å²) in [6.07, 6.45) is 6.79. The molecule has 15 heavy (non-hydrogen) atoms. The predicted octanol–water partition coefficient (Wildman–Crippen LogP) is 1.37. The van der Waals surface area contributed by atoms with Crippen molar-refractivity contribution in [2.24, 2.45) is 0 Å². The van der Waals surface area contributed by atoms with Crippen LogP contribution in [-0.4, -0.2) is 19.5 Å². The number of rotatable bonds is 2. The van der Waals surface area contributed by atoms with Gasteiger partial charge in [0.2, 0.25) is 5.95 Å². The Morgan fingerprint density at radius 2 is 2.20 bits per heavy atom. The van der Waals surface area contributed by atoms with E-state index in [1.54, 1.807) is 29.5 Å². The normalized spacial score (nSPS) is 10.9. The molecule has 78 valence electrons. The summed E-state index contributed by atoms with van der Waals surface area (Å²) in [5, 5.41) is 0. The quantitative estimate of drug-likeness (QED) is 0.800. The van der Waals surface area contributed by atoms with Crippen molar-refractivity contribution in [1.29, 1.82) is 0 Å². The minimum absolute atomic E-state index is 0.287. The molecular weight excluding hydrogens is 190 g/mol. The second-order valence-corrected chi connectivity index (χ2v) is 3.64. The number of nitrogen functional groups attached to an aromatic ring is 1. The zero-order chi connectivity index (χ0) is 10.8. The molecule has 0 aromatic carbocycles. The van der Waals surface area contributed by atoms with Gasteiger partial charge in [-0.25, -0.2) is 15.0 Å². The average Bonchev–Trinajstić information content (AvgIpc) is 2.71. The van der Waals surface area contributed by atoms with Crippen molar-refractivity contribution in [3.63, 3.8) is 0 Å². The van der Waals surface area contributed by atoms with E-state index >= 15 is 0 Å². The van der Waals surface area contributed by atoms with Gasteiger partial charge in [-0.05, 0) is 5.92 Å². The lowest BCUT2D eigenvalue weighted by atomic mass is 10.1. The van der Waals surface area contributed by atoms with Crippen LogP contribution in [0.2, 0.25) is 0 Å². The third kappa shape index (κ3) is 1.81. The molecular formula is C10H13N5. The van der Waals surface area contributed by atoms with Gasteiger partial charge in [0.25, 0.3) is 0 Å². The molecule has 0 unspecified atom stereocenters. The summed E-state index contributed by atoms with van der Waals surface area (Å²) in [6, 6.07) is 0. The van der Waals surface area contributed by atoms with Crippen molar-refractivity contribution in [1.82, 2.24) is 19.5 Å². The van der Waals surface area contributed by atoms with Crippen molar-refractivity contribution in [2.75, 3.05) is 5.73 Å². The van der Waals surface area contributed by atoms with E-state index in [1.807, 2.05) is 0 Å². The molecule has 0 radical (unpaired) electrons. The minimum Gasteiger partial charge on any atom is -0.396 e. The Morgan fingerprint density at radius 1 is 1.40 bits per heavy atom. The Hall–Kier alpha value is -1.91. The molecule has 0 amide bonds. The molecule has 2 aromatic rings. The largest absolute Gasteiger partial charge is 0.396 e. The van der Waals surface area contributed by atoms with Gasteiger partial charge in [-0.1, -0.05) is 13.8 Å². The van der Waals surface area contributed by atoms with Gasteiger partial charge in [-0.2, -0.15) is 0 Å². The van der Waals surface area contributed by atoms with Crippen LogP contribution in [-0.2, 0) is 0 Å². The third-order valence-electron chi connectivity index (χ3n) is 2.12. The van der Waals surface area contributed by atoms with Crippen LogP contribution in [0.1, 0.15) is 25.5 Å². The van der Waals surface area contributed by atoms with Crippen LogP contribution >= 0.6 is 0 Å². The highest BCUT2D eigenvalue weighted by Crippen LogP contribution is 2.18. The number of nitrogens with zero attached hydrogens (tertiary/aromatic N) is 4. The average molecular weight is 203 g/mol. The van der Waals surface area contributed by atoms with Crippen molar-refractivity contribution in [3.8, 4) is 5.95 Å². The molecule has 0 saturated heterocycles. The summed E-state index contributed by atoms with van der Waals surface area (Å²) in [7, 11) is 0. The van der Waals surface area contributed by atoms with E-state index in [9.17, 15) is 0 Å². The lowest BCUT2D eigenvalue weighted by molar-refractivity contribution is 0.796. The SMILES string of the molecule is CC(C)c1nc(-n2ccnc2)ncc1N. The van der Waals surface area contributed by atoms with Gasteiger partial charge < -0.3 is 5.73 Å². The van der Waals surface area contributed by atoms with Gasteiger partial charge in [-0.3, -0.25) is 4.57 Å². The topological polar surface area (TPSA) is 69.6 Å². The number of hydrogen-bond donors (Lipinski definition) is 1. The van der Waals surface area contributed by atoms with Crippen LogP contribution in [0, 0.1) is 0 Å². The Morgan fingerprint density at radius 3 is 2.80 bits per heavy atom. The van der Waals surface area contributed by atoms with E-state index in [2.05, 4.69) is 28.8 Å². The second-order valence-electron chi connectivity index (χ2n) is 3.64. The molecule has 2 aromatic heterocycles. The van der Waals surface area contributed by atoms with Gasteiger partial charge >= 0.3 is 0 Å². The molecule has 0 aliphatic rings. The van der Waals surface area contributed by atoms with Gasteiger partial charge in [0.1, 0.15) is 6.33 Å². The van der Waals surface area contributed by atoms with Crippen LogP contribution < -0.4 is 5.73 Å². The summed E-state index contributed by atoms with van der Waals surface area (Å²) in [6.45, 7) is 4.10. The first-order valence-electron chi connectivity index (χ1n) is 4.79. The second kappa shape index (κ2) is 3.68. The van der Waals surface area contributed by atoms with E-state index in [1.165, 1.54) is 0 Å². The first kappa shape index (κ1) is 9.64. The lowest BCUT2D eigenvalue weighted by Gasteiger charge is -2.09. The molecule has 0 saturated carbocycles. The van der Waals surface area contributed by atoms with Crippen molar-refractivity contribution in [3.05, 3.63) is 30.6 Å². The summed E-state index contributed by atoms with van der Waals surface area (Å²) in [5.41, 5.74) is 7.30. The van der Waals surface area contributed by atoms with E-state index < -0.39 is 0 Å². The molecule has 2 heterocycles. The molecule has 2 N–H and O–H groups in total. The van der Waals surface area contributed by atoms with Crippen molar-refractivity contribution in [2.45, 2.75) is 19.8 Å². The number of nitrogens with two attached hydrogens (primary N) is 1. The number of anilines is 1. The number of hydrogen-bond acceptors (Lipinski definition) is 4. The number of aromatic nitrogens is 4. The highest BCUT2D eigenvalue weighted by Gasteiger charge is 2.08. The molecule has 0 aliphatic heterocycles. The highest BCUT2D eigenvalue weighted by atomic mass is 15.2. The Kier molecular flexibility index (Phi) is 2.37. The molecule has 0 spiro atoms.